The van der Waals surface area contributed by atoms with Crippen LogP contribution in [0.1, 0.15) is 59.4 Å². The van der Waals surface area contributed by atoms with E-state index in [9.17, 15) is 33.2 Å². The van der Waals surface area contributed by atoms with Crippen molar-refractivity contribution in [3.8, 4) is 0 Å². The molecule has 6 rings (SSSR count). The van der Waals surface area contributed by atoms with Crippen LogP contribution in [0.15, 0.2) is 53.7 Å². The second-order valence-electron chi connectivity index (χ2n) is 12.0. The third-order valence-electron chi connectivity index (χ3n) is 8.59. The van der Waals surface area contributed by atoms with Crippen molar-refractivity contribution in [1.29, 1.82) is 0 Å². The van der Waals surface area contributed by atoms with Crippen molar-refractivity contribution in [2.45, 2.75) is 44.7 Å². The van der Waals surface area contributed by atoms with Gasteiger partial charge < -0.3 is 26.0 Å². The van der Waals surface area contributed by atoms with E-state index in [2.05, 4.69) is 26.6 Å². The number of ether oxygens (including phenoxy) is 1. The first-order valence-electron chi connectivity index (χ1n) is 15.2. The smallest absolute Gasteiger partial charge is 0.262 e. The minimum Gasteiger partial charge on any atom is -0.383 e. The lowest BCUT2D eigenvalue weighted by molar-refractivity contribution is -0.136. The molecule has 47 heavy (non-hydrogen) atoms. The first-order chi connectivity index (χ1) is 22.4. The topological polar surface area (TPSA) is 175 Å². The van der Waals surface area contributed by atoms with Crippen LogP contribution in [0.3, 0.4) is 0 Å². The average Bonchev–Trinajstić information content (AvgIpc) is 3.60. The van der Waals surface area contributed by atoms with Gasteiger partial charge in [0.25, 0.3) is 17.7 Å². The summed E-state index contributed by atoms with van der Waals surface area (Å²) in [5, 5.41) is 14.1. The lowest BCUT2D eigenvalue weighted by atomic mass is 9.96. The van der Waals surface area contributed by atoms with Crippen LogP contribution in [0.4, 0.5) is 15.8 Å². The summed E-state index contributed by atoms with van der Waals surface area (Å²) < 4.78 is 19.5. The van der Waals surface area contributed by atoms with Gasteiger partial charge in [-0.05, 0) is 68.3 Å². The molecule has 13 nitrogen and oxygen atoms in total. The zero-order valence-electron chi connectivity index (χ0n) is 25.8. The maximum Gasteiger partial charge on any atom is 0.262 e. The fourth-order valence-corrected chi connectivity index (χ4v) is 6.20. The third kappa shape index (κ3) is 6.11. The molecule has 2 unspecified atom stereocenters. The van der Waals surface area contributed by atoms with E-state index in [1.165, 1.54) is 24.3 Å². The molecule has 5 N–H and O–H groups in total. The van der Waals surface area contributed by atoms with Gasteiger partial charge in [-0.15, -0.1) is 0 Å². The number of allylic oxidation sites excluding steroid dienone is 1. The van der Waals surface area contributed by atoms with Gasteiger partial charge >= 0.3 is 0 Å². The molecule has 4 heterocycles. The Bertz CT molecular complexity index is 1800. The molecular formula is C33H33FN6O7. The molecule has 244 valence electrons. The summed E-state index contributed by atoms with van der Waals surface area (Å²) in [4.78, 5) is 76.1. The minimum atomic E-state index is -1.03. The normalized spacial score (nSPS) is 22.7. The molecule has 2 aromatic carbocycles. The van der Waals surface area contributed by atoms with Crippen molar-refractivity contribution in [2.75, 3.05) is 36.9 Å². The summed E-state index contributed by atoms with van der Waals surface area (Å²) in [5.41, 5.74) is 2.86. The van der Waals surface area contributed by atoms with Gasteiger partial charge in [-0.1, -0.05) is 0 Å². The molecule has 6 amide bonds. The van der Waals surface area contributed by atoms with Crippen LogP contribution in [0.5, 0.6) is 0 Å². The molecule has 0 radical (unpaired) electrons. The number of fused-ring (bicyclic) bond motifs is 2. The number of halogens is 1. The fourth-order valence-electron chi connectivity index (χ4n) is 6.20. The number of amides is 6. The Morgan fingerprint density at radius 3 is 2.57 bits per heavy atom. The van der Waals surface area contributed by atoms with Crippen LogP contribution >= 0.6 is 0 Å². The second-order valence-corrected chi connectivity index (χ2v) is 12.0. The zero-order chi connectivity index (χ0) is 33.5. The molecule has 14 heteroatoms. The van der Waals surface area contributed by atoms with E-state index in [1.807, 2.05) is 6.92 Å². The number of piperidine rings is 1. The summed E-state index contributed by atoms with van der Waals surface area (Å²) >= 11 is 0. The quantitative estimate of drug-likeness (QED) is 0.147. The molecular weight excluding hydrogens is 611 g/mol. The van der Waals surface area contributed by atoms with E-state index >= 15 is 0 Å². The summed E-state index contributed by atoms with van der Waals surface area (Å²) in [5.74, 6) is -3.27. The van der Waals surface area contributed by atoms with Crippen molar-refractivity contribution >= 4 is 52.4 Å². The molecule has 0 aliphatic carbocycles. The van der Waals surface area contributed by atoms with Crippen LogP contribution in [-0.4, -0.2) is 78.2 Å². The predicted molar refractivity (Wildman–Crippen MR) is 167 cm³/mol. The van der Waals surface area contributed by atoms with E-state index in [0.29, 0.717) is 47.8 Å². The van der Waals surface area contributed by atoms with Gasteiger partial charge in [0.05, 0.1) is 29.9 Å². The van der Waals surface area contributed by atoms with Crippen LogP contribution in [0.2, 0.25) is 0 Å². The number of nitrogens with one attached hydrogen (secondary N) is 5. The van der Waals surface area contributed by atoms with Crippen molar-refractivity contribution in [2.24, 2.45) is 0 Å². The molecule has 0 spiro atoms. The van der Waals surface area contributed by atoms with Crippen molar-refractivity contribution in [1.82, 2.24) is 20.9 Å². The lowest BCUT2D eigenvalue weighted by Crippen LogP contribution is -2.54. The fraction of sp³-hybridized carbons (Fsp3) is 0.333. The molecule has 0 aromatic heterocycles. The molecule has 4 aliphatic heterocycles. The monoisotopic (exact) mass is 644 g/mol. The van der Waals surface area contributed by atoms with Crippen molar-refractivity contribution in [3.05, 3.63) is 76.3 Å². The highest BCUT2D eigenvalue weighted by atomic mass is 19.1. The number of rotatable bonds is 10. The summed E-state index contributed by atoms with van der Waals surface area (Å²) in [6, 6.07) is 7.81. The number of imide groups is 2. The number of anilines is 2. The molecule has 1 saturated heterocycles. The van der Waals surface area contributed by atoms with Crippen LogP contribution < -0.4 is 26.6 Å². The Morgan fingerprint density at radius 2 is 1.79 bits per heavy atom. The summed E-state index contributed by atoms with van der Waals surface area (Å²) in [7, 11) is 0. The first-order valence-corrected chi connectivity index (χ1v) is 15.2. The van der Waals surface area contributed by atoms with E-state index < -0.39 is 41.0 Å². The van der Waals surface area contributed by atoms with E-state index in [4.69, 9.17) is 4.74 Å². The van der Waals surface area contributed by atoms with Crippen LogP contribution in [0, 0.1) is 5.82 Å². The van der Waals surface area contributed by atoms with Gasteiger partial charge in [0.15, 0.2) is 0 Å². The highest BCUT2D eigenvalue weighted by Gasteiger charge is 2.44. The molecule has 1 fully saturated rings. The summed E-state index contributed by atoms with van der Waals surface area (Å²) in [6.07, 6.45) is 2.20. The summed E-state index contributed by atoms with van der Waals surface area (Å²) in [6.45, 7) is 4.81. The third-order valence-corrected chi connectivity index (χ3v) is 8.59. The minimum absolute atomic E-state index is 0.0495. The van der Waals surface area contributed by atoms with Gasteiger partial charge in [0, 0.05) is 48.6 Å². The molecule has 2 atom stereocenters. The Morgan fingerprint density at radius 1 is 1.02 bits per heavy atom. The SMILES string of the molecule is CC1=C(C=C2C(=O)Nc3ccc(F)cc32)NC(C)(C(=O)NCCOCCNc2ccc3c(c2)C(=O)N(C2CCC(=O)NC2=O)C3=O)C1. The number of hydrogen-bond donors (Lipinski definition) is 5. The van der Waals surface area contributed by atoms with Crippen molar-refractivity contribution < 1.29 is 37.9 Å². The maximum absolute atomic E-state index is 13.8. The first kappa shape index (κ1) is 31.6. The van der Waals surface area contributed by atoms with Crippen LogP contribution in [0.25, 0.3) is 5.57 Å². The number of nitrogens with zero attached hydrogens (tertiary/aromatic N) is 1. The lowest BCUT2D eigenvalue weighted by Gasteiger charge is -2.27. The highest BCUT2D eigenvalue weighted by Crippen LogP contribution is 2.36. The molecule has 0 saturated carbocycles. The van der Waals surface area contributed by atoms with E-state index in [0.717, 1.165) is 10.5 Å². The average molecular weight is 645 g/mol. The number of carbonyl (C=O) groups is 6. The standard InChI is InChI=1S/C33H33FN6O7/c1-17-16-33(2,39-25(17)15-22-21-13-18(34)3-6-24(21)37-28(22)42)32(46)36-10-12-47-11-9-35-19-4-5-20-23(14-19)31(45)40(30(20)44)26-7-8-27(41)38-29(26)43/h3-6,13-15,26,35,39H,7-12,16H2,1-2H3,(H,36,46)(H,37,42)(H,38,41,43). The van der Waals surface area contributed by atoms with E-state index in [-0.39, 0.29) is 48.9 Å². The zero-order valence-corrected chi connectivity index (χ0v) is 25.8. The van der Waals surface area contributed by atoms with Gasteiger partial charge in [0.2, 0.25) is 17.7 Å². The Hall–Kier alpha value is -5.37. The Balaban J connectivity index is 0.941. The maximum atomic E-state index is 13.8. The van der Waals surface area contributed by atoms with Gasteiger partial charge in [-0.2, -0.15) is 0 Å². The van der Waals surface area contributed by atoms with Gasteiger partial charge in [-0.25, -0.2) is 4.39 Å². The highest BCUT2D eigenvalue weighted by molar-refractivity contribution is 6.32. The number of hydrogen-bond acceptors (Lipinski definition) is 9. The largest absolute Gasteiger partial charge is 0.383 e. The van der Waals surface area contributed by atoms with Gasteiger partial charge in [-0.3, -0.25) is 39.0 Å². The van der Waals surface area contributed by atoms with Crippen molar-refractivity contribution in [3.63, 3.8) is 0 Å². The molecule has 2 aromatic rings. The number of benzene rings is 2. The Kier molecular flexibility index (Phi) is 8.36. The van der Waals surface area contributed by atoms with E-state index in [1.54, 1.807) is 25.1 Å². The van der Waals surface area contributed by atoms with Gasteiger partial charge in [0.1, 0.15) is 17.4 Å². The molecule has 0 bridgehead atoms. The predicted octanol–water partition coefficient (Wildman–Crippen LogP) is 1.83. The van der Waals surface area contributed by atoms with Crippen LogP contribution in [-0.2, 0) is 23.9 Å². The Labute approximate surface area is 269 Å². The second kappa shape index (κ2) is 12.4. The molecule has 4 aliphatic rings. The number of carbonyl (C=O) groups excluding carboxylic acids is 6.